The summed E-state index contributed by atoms with van der Waals surface area (Å²) in [7, 11) is 0. The van der Waals surface area contributed by atoms with Crippen molar-refractivity contribution in [3.63, 3.8) is 0 Å². The van der Waals surface area contributed by atoms with Crippen LogP contribution in [0.15, 0.2) is 22.7 Å². The van der Waals surface area contributed by atoms with E-state index in [1.165, 1.54) is 12.1 Å². The lowest BCUT2D eigenvalue weighted by Gasteiger charge is -2.05. The van der Waals surface area contributed by atoms with Crippen molar-refractivity contribution >= 4 is 5.91 Å². The fourth-order valence-electron chi connectivity index (χ4n) is 2.31. The van der Waals surface area contributed by atoms with Crippen LogP contribution in [-0.4, -0.2) is 22.6 Å². The Hall–Kier alpha value is -2.31. The number of benzene rings is 1. The van der Waals surface area contributed by atoms with Gasteiger partial charge in [-0.05, 0) is 37.0 Å². The molecule has 0 aliphatic rings. The van der Waals surface area contributed by atoms with Crippen LogP contribution < -0.4 is 5.32 Å². The number of halogens is 2. The molecule has 0 atom stereocenters. The van der Waals surface area contributed by atoms with Gasteiger partial charge in [-0.3, -0.25) is 4.79 Å². The van der Waals surface area contributed by atoms with E-state index in [-0.39, 0.29) is 5.91 Å². The van der Waals surface area contributed by atoms with Gasteiger partial charge in [0.1, 0.15) is 11.6 Å². The summed E-state index contributed by atoms with van der Waals surface area (Å²) in [6.07, 6.45) is 3.61. The number of aryl methyl sites for hydroxylation is 2. The monoisotopic (exact) mass is 337 g/mol. The molecule has 1 aromatic carbocycles. The number of rotatable bonds is 9. The van der Waals surface area contributed by atoms with Gasteiger partial charge >= 0.3 is 0 Å². The Morgan fingerprint density at radius 3 is 2.62 bits per heavy atom. The van der Waals surface area contributed by atoms with Crippen molar-refractivity contribution in [2.75, 3.05) is 6.54 Å². The number of nitrogens with zero attached hydrogens (tertiary/aromatic N) is 2. The molecule has 1 amide bonds. The van der Waals surface area contributed by atoms with Gasteiger partial charge in [0, 0.05) is 31.9 Å². The number of carbonyl (C=O) groups is 1. The Kier molecular flexibility index (Phi) is 6.84. The molecule has 0 unspecified atom stereocenters. The summed E-state index contributed by atoms with van der Waals surface area (Å²) in [6, 6.07) is 3.35. The quantitative estimate of drug-likeness (QED) is 0.764. The Labute approximate surface area is 139 Å². The molecule has 0 saturated heterocycles. The largest absolute Gasteiger partial charge is 0.356 e. The molecule has 0 radical (unpaired) electrons. The molecule has 2 rings (SSSR count). The second-order valence-electron chi connectivity index (χ2n) is 5.59. The summed E-state index contributed by atoms with van der Waals surface area (Å²) < 4.78 is 31.2. The van der Waals surface area contributed by atoms with Crippen LogP contribution in [0.2, 0.25) is 0 Å². The van der Waals surface area contributed by atoms with Gasteiger partial charge < -0.3 is 9.84 Å². The molecule has 7 heteroatoms. The third-order valence-corrected chi connectivity index (χ3v) is 3.44. The summed E-state index contributed by atoms with van der Waals surface area (Å²) in [4.78, 5) is 16.0. The second kappa shape index (κ2) is 9.10. The van der Waals surface area contributed by atoms with Crippen LogP contribution in [0.4, 0.5) is 8.78 Å². The molecular weight excluding hydrogens is 316 g/mol. The minimum atomic E-state index is -0.613. The van der Waals surface area contributed by atoms with Crippen molar-refractivity contribution in [3.05, 3.63) is 47.1 Å². The summed E-state index contributed by atoms with van der Waals surface area (Å²) in [5, 5.41) is 6.58. The van der Waals surface area contributed by atoms with E-state index in [4.69, 9.17) is 4.52 Å². The topological polar surface area (TPSA) is 68.0 Å². The Balaban J connectivity index is 1.64. The minimum absolute atomic E-state index is 0.111. The summed E-state index contributed by atoms with van der Waals surface area (Å²) in [5.41, 5.74) is 0.516. The van der Waals surface area contributed by atoms with E-state index < -0.39 is 11.6 Å². The molecule has 1 heterocycles. The van der Waals surface area contributed by atoms with Crippen LogP contribution in [-0.2, 0) is 24.1 Å². The molecule has 0 bridgehead atoms. The van der Waals surface area contributed by atoms with Crippen LogP contribution in [0.5, 0.6) is 0 Å². The lowest BCUT2D eigenvalue weighted by molar-refractivity contribution is -0.121. The highest BCUT2D eigenvalue weighted by Gasteiger charge is 2.07. The third-order valence-electron chi connectivity index (χ3n) is 3.44. The van der Waals surface area contributed by atoms with Crippen molar-refractivity contribution in [2.24, 2.45) is 0 Å². The molecule has 0 fully saturated rings. The zero-order valence-corrected chi connectivity index (χ0v) is 13.6. The van der Waals surface area contributed by atoms with Gasteiger partial charge in [-0.2, -0.15) is 4.98 Å². The van der Waals surface area contributed by atoms with E-state index in [0.717, 1.165) is 18.9 Å². The highest BCUT2D eigenvalue weighted by Crippen LogP contribution is 2.08. The number of hydrogen-bond donors (Lipinski definition) is 1. The normalized spacial score (nSPS) is 10.8. The first-order chi connectivity index (χ1) is 11.6. The van der Waals surface area contributed by atoms with Gasteiger partial charge in [0.15, 0.2) is 5.82 Å². The van der Waals surface area contributed by atoms with Gasteiger partial charge in [-0.15, -0.1) is 0 Å². The standard InChI is InChI=1S/C17H21F2N3O2/c1-2-4-15-21-17(24-22-15)6-3-5-16(23)20-8-7-12-9-13(18)11-14(19)10-12/h9-11H,2-8H2,1H3,(H,20,23). The minimum Gasteiger partial charge on any atom is -0.356 e. The van der Waals surface area contributed by atoms with E-state index >= 15 is 0 Å². The molecule has 0 saturated carbocycles. The van der Waals surface area contributed by atoms with Crippen molar-refractivity contribution in [2.45, 2.75) is 45.4 Å². The zero-order valence-electron chi connectivity index (χ0n) is 13.6. The van der Waals surface area contributed by atoms with Crippen LogP contribution in [0.3, 0.4) is 0 Å². The lowest BCUT2D eigenvalue weighted by atomic mass is 10.1. The van der Waals surface area contributed by atoms with Crippen LogP contribution in [0.25, 0.3) is 0 Å². The molecule has 130 valence electrons. The Morgan fingerprint density at radius 1 is 1.17 bits per heavy atom. The number of hydrogen-bond acceptors (Lipinski definition) is 4. The SMILES string of the molecule is CCCc1noc(CCCC(=O)NCCc2cc(F)cc(F)c2)n1. The van der Waals surface area contributed by atoms with Gasteiger partial charge in [0.2, 0.25) is 11.8 Å². The van der Waals surface area contributed by atoms with Crippen LogP contribution in [0, 0.1) is 11.6 Å². The van der Waals surface area contributed by atoms with Crippen molar-refractivity contribution in [1.82, 2.24) is 15.5 Å². The average Bonchev–Trinajstić information content (AvgIpc) is 2.94. The van der Waals surface area contributed by atoms with E-state index in [1.54, 1.807) is 0 Å². The molecule has 0 aliphatic heterocycles. The summed E-state index contributed by atoms with van der Waals surface area (Å²) in [5.74, 6) is -0.0995. The zero-order chi connectivity index (χ0) is 17.4. The van der Waals surface area contributed by atoms with E-state index in [0.29, 0.717) is 49.5 Å². The molecule has 0 spiro atoms. The maximum absolute atomic E-state index is 13.0. The number of nitrogens with one attached hydrogen (secondary N) is 1. The molecule has 2 aromatic rings. The van der Waals surface area contributed by atoms with E-state index in [2.05, 4.69) is 15.5 Å². The Bertz CT molecular complexity index is 653. The molecule has 24 heavy (non-hydrogen) atoms. The van der Waals surface area contributed by atoms with Gasteiger partial charge in [0.25, 0.3) is 0 Å². The highest BCUT2D eigenvalue weighted by atomic mass is 19.1. The van der Waals surface area contributed by atoms with E-state index in [1.807, 2.05) is 6.92 Å². The molecule has 0 aliphatic carbocycles. The van der Waals surface area contributed by atoms with Crippen LogP contribution >= 0.6 is 0 Å². The van der Waals surface area contributed by atoms with Crippen LogP contribution in [0.1, 0.15) is 43.5 Å². The fraction of sp³-hybridized carbons (Fsp3) is 0.471. The van der Waals surface area contributed by atoms with Gasteiger partial charge in [-0.25, -0.2) is 8.78 Å². The highest BCUT2D eigenvalue weighted by molar-refractivity contribution is 5.75. The molecule has 1 aromatic heterocycles. The third kappa shape index (κ3) is 6.06. The second-order valence-corrected chi connectivity index (χ2v) is 5.59. The van der Waals surface area contributed by atoms with Gasteiger partial charge in [0.05, 0.1) is 0 Å². The average molecular weight is 337 g/mol. The summed E-state index contributed by atoms with van der Waals surface area (Å²) >= 11 is 0. The predicted octanol–water partition coefficient (Wildman–Crippen LogP) is 2.98. The first kappa shape index (κ1) is 18.0. The smallest absolute Gasteiger partial charge is 0.226 e. The molecular formula is C17H21F2N3O2. The predicted molar refractivity (Wildman–Crippen MR) is 84.3 cm³/mol. The maximum Gasteiger partial charge on any atom is 0.226 e. The molecule has 5 nitrogen and oxygen atoms in total. The fourth-order valence-corrected chi connectivity index (χ4v) is 2.31. The Morgan fingerprint density at radius 2 is 1.92 bits per heavy atom. The van der Waals surface area contributed by atoms with Crippen molar-refractivity contribution < 1.29 is 18.1 Å². The van der Waals surface area contributed by atoms with Crippen molar-refractivity contribution in [1.29, 1.82) is 0 Å². The first-order valence-corrected chi connectivity index (χ1v) is 8.10. The summed E-state index contributed by atoms with van der Waals surface area (Å²) in [6.45, 7) is 2.38. The number of aromatic nitrogens is 2. The first-order valence-electron chi connectivity index (χ1n) is 8.10. The lowest BCUT2D eigenvalue weighted by Crippen LogP contribution is -2.25. The number of carbonyl (C=O) groups excluding carboxylic acids is 1. The maximum atomic E-state index is 13.0. The van der Waals surface area contributed by atoms with Gasteiger partial charge in [-0.1, -0.05) is 12.1 Å². The number of amides is 1. The van der Waals surface area contributed by atoms with Crippen molar-refractivity contribution in [3.8, 4) is 0 Å². The molecule has 1 N–H and O–H groups in total. The van der Waals surface area contributed by atoms with E-state index in [9.17, 15) is 13.6 Å².